The molecule has 0 unspecified atom stereocenters. The molecule has 0 radical (unpaired) electrons. The Morgan fingerprint density at radius 1 is 1.38 bits per heavy atom. The first-order chi connectivity index (χ1) is 10.1. The summed E-state index contributed by atoms with van der Waals surface area (Å²) in [7, 11) is 0. The first kappa shape index (κ1) is 15.0. The average molecular weight is 304 g/mol. The van der Waals surface area contributed by atoms with E-state index in [1.54, 1.807) is 12.1 Å². The summed E-state index contributed by atoms with van der Waals surface area (Å²) in [6.45, 7) is 0.258. The Labute approximate surface area is 126 Å². The molecule has 6 heteroatoms. The van der Waals surface area contributed by atoms with Gasteiger partial charge in [-0.1, -0.05) is 23.4 Å². The Morgan fingerprint density at radius 3 is 2.81 bits per heavy atom. The highest BCUT2D eigenvalue weighted by Gasteiger charge is 2.08. The fourth-order valence-electron chi connectivity index (χ4n) is 1.52. The standard InChI is InChI=1S/C15H11ClFN3O/c16-12-8-11(4-5-13(12)17)20-15(21)14-6-3-10(9-19-14)2-1-7-18/h3-6,8-9H,7,18H2,(H,20,21). The number of anilines is 1. The Kier molecular flexibility index (Phi) is 4.88. The van der Waals surface area contributed by atoms with Crippen molar-refractivity contribution in [3.8, 4) is 11.8 Å². The lowest BCUT2D eigenvalue weighted by molar-refractivity contribution is 0.102. The quantitative estimate of drug-likeness (QED) is 0.837. The van der Waals surface area contributed by atoms with Crippen molar-refractivity contribution in [2.24, 2.45) is 5.73 Å². The predicted molar refractivity (Wildman–Crippen MR) is 79.5 cm³/mol. The van der Waals surface area contributed by atoms with Crippen LogP contribution < -0.4 is 11.1 Å². The number of amides is 1. The lowest BCUT2D eigenvalue weighted by atomic mass is 10.2. The Morgan fingerprint density at radius 2 is 2.19 bits per heavy atom. The van der Waals surface area contributed by atoms with Gasteiger partial charge >= 0.3 is 0 Å². The van der Waals surface area contributed by atoms with Crippen LogP contribution in [0.2, 0.25) is 5.02 Å². The van der Waals surface area contributed by atoms with Crippen molar-refractivity contribution in [1.82, 2.24) is 4.98 Å². The van der Waals surface area contributed by atoms with Crippen LogP contribution in [0, 0.1) is 17.7 Å². The molecule has 1 amide bonds. The summed E-state index contributed by atoms with van der Waals surface area (Å²) in [5.74, 6) is 4.53. The Balaban J connectivity index is 2.11. The lowest BCUT2D eigenvalue weighted by Crippen LogP contribution is -2.13. The molecule has 2 rings (SSSR count). The first-order valence-corrected chi connectivity index (χ1v) is 6.39. The topological polar surface area (TPSA) is 68.0 Å². The highest BCUT2D eigenvalue weighted by Crippen LogP contribution is 2.19. The number of aromatic nitrogens is 1. The maximum absolute atomic E-state index is 13.0. The number of nitrogens with zero attached hydrogens (tertiary/aromatic N) is 1. The third-order valence-electron chi connectivity index (χ3n) is 2.51. The van der Waals surface area contributed by atoms with Gasteiger partial charge in [-0.2, -0.15) is 0 Å². The Hall–Kier alpha value is -2.42. The van der Waals surface area contributed by atoms with Gasteiger partial charge in [0, 0.05) is 17.4 Å². The number of pyridine rings is 1. The largest absolute Gasteiger partial charge is 0.321 e. The second-order valence-corrected chi connectivity index (χ2v) is 4.43. The zero-order chi connectivity index (χ0) is 15.2. The van der Waals surface area contributed by atoms with Crippen LogP contribution in [-0.2, 0) is 0 Å². The molecule has 0 spiro atoms. The predicted octanol–water partition coefficient (Wildman–Crippen LogP) is 2.44. The molecule has 0 bridgehead atoms. The average Bonchev–Trinajstić information content (AvgIpc) is 2.49. The molecule has 0 aliphatic carbocycles. The van der Waals surface area contributed by atoms with Gasteiger partial charge in [0.2, 0.25) is 0 Å². The molecule has 2 aromatic rings. The lowest BCUT2D eigenvalue weighted by Gasteiger charge is -2.05. The summed E-state index contributed by atoms with van der Waals surface area (Å²) in [5, 5.41) is 2.52. The van der Waals surface area contributed by atoms with Gasteiger partial charge in [0.15, 0.2) is 0 Å². The molecule has 0 saturated carbocycles. The molecule has 0 fully saturated rings. The van der Waals surface area contributed by atoms with E-state index in [0.717, 1.165) is 0 Å². The second kappa shape index (κ2) is 6.84. The molecule has 3 N–H and O–H groups in total. The van der Waals surface area contributed by atoms with Gasteiger partial charge in [-0.25, -0.2) is 9.37 Å². The molecule has 0 atom stereocenters. The monoisotopic (exact) mass is 303 g/mol. The fourth-order valence-corrected chi connectivity index (χ4v) is 1.70. The summed E-state index contributed by atoms with van der Waals surface area (Å²) in [4.78, 5) is 16.0. The van der Waals surface area contributed by atoms with Gasteiger partial charge in [-0.05, 0) is 30.3 Å². The minimum absolute atomic E-state index is 0.0619. The van der Waals surface area contributed by atoms with Gasteiger partial charge in [0.05, 0.1) is 11.6 Å². The van der Waals surface area contributed by atoms with Gasteiger partial charge < -0.3 is 11.1 Å². The van der Waals surface area contributed by atoms with Crippen LogP contribution in [0.25, 0.3) is 0 Å². The van der Waals surface area contributed by atoms with Crippen LogP contribution in [-0.4, -0.2) is 17.4 Å². The number of nitrogens with one attached hydrogen (secondary N) is 1. The molecule has 0 saturated heterocycles. The van der Waals surface area contributed by atoms with Crippen molar-refractivity contribution < 1.29 is 9.18 Å². The second-order valence-electron chi connectivity index (χ2n) is 4.02. The van der Waals surface area contributed by atoms with Gasteiger partial charge in [0.1, 0.15) is 11.5 Å². The summed E-state index contributed by atoms with van der Waals surface area (Å²) in [5.41, 5.74) is 6.54. The van der Waals surface area contributed by atoms with Crippen LogP contribution >= 0.6 is 11.6 Å². The summed E-state index contributed by atoms with van der Waals surface area (Å²) in [6.07, 6.45) is 1.48. The van der Waals surface area contributed by atoms with E-state index in [2.05, 4.69) is 22.1 Å². The molecular formula is C15H11ClFN3O. The number of benzene rings is 1. The molecule has 0 aliphatic heterocycles. The molecule has 0 aliphatic rings. The zero-order valence-electron chi connectivity index (χ0n) is 10.9. The summed E-state index contributed by atoms with van der Waals surface area (Å²) < 4.78 is 13.0. The van der Waals surface area contributed by atoms with Crippen LogP contribution in [0.4, 0.5) is 10.1 Å². The number of hydrogen-bond acceptors (Lipinski definition) is 3. The summed E-state index contributed by atoms with van der Waals surface area (Å²) >= 11 is 5.65. The normalized spacial score (nSPS) is 9.67. The maximum Gasteiger partial charge on any atom is 0.274 e. The van der Waals surface area contributed by atoms with E-state index in [1.807, 2.05) is 0 Å². The van der Waals surface area contributed by atoms with E-state index in [4.69, 9.17) is 17.3 Å². The van der Waals surface area contributed by atoms with E-state index in [1.165, 1.54) is 24.4 Å². The molecule has 1 heterocycles. The van der Waals surface area contributed by atoms with E-state index < -0.39 is 11.7 Å². The fraction of sp³-hybridized carbons (Fsp3) is 0.0667. The molecule has 1 aromatic carbocycles. The van der Waals surface area contributed by atoms with Crippen molar-refractivity contribution in [3.05, 3.63) is 58.6 Å². The summed E-state index contributed by atoms with van der Waals surface area (Å²) in [6, 6.07) is 7.14. The Bertz CT molecular complexity index is 720. The van der Waals surface area contributed by atoms with E-state index in [-0.39, 0.29) is 17.3 Å². The first-order valence-electron chi connectivity index (χ1n) is 6.01. The van der Waals surface area contributed by atoms with Crippen molar-refractivity contribution in [2.75, 3.05) is 11.9 Å². The number of carbonyl (C=O) groups excluding carboxylic acids is 1. The highest BCUT2D eigenvalue weighted by atomic mass is 35.5. The number of halogens is 2. The van der Waals surface area contributed by atoms with Crippen molar-refractivity contribution in [1.29, 1.82) is 0 Å². The highest BCUT2D eigenvalue weighted by molar-refractivity contribution is 6.31. The molecule has 4 nitrogen and oxygen atoms in total. The maximum atomic E-state index is 13.0. The van der Waals surface area contributed by atoms with Crippen LogP contribution in [0.5, 0.6) is 0 Å². The van der Waals surface area contributed by atoms with Crippen LogP contribution in [0.1, 0.15) is 16.1 Å². The van der Waals surface area contributed by atoms with E-state index in [9.17, 15) is 9.18 Å². The molecule has 106 valence electrons. The van der Waals surface area contributed by atoms with Crippen molar-refractivity contribution >= 4 is 23.2 Å². The molecule has 1 aromatic heterocycles. The number of nitrogens with two attached hydrogens (primary N) is 1. The minimum atomic E-state index is -0.546. The third kappa shape index (κ3) is 4.02. The van der Waals surface area contributed by atoms with Crippen LogP contribution in [0.3, 0.4) is 0 Å². The number of rotatable bonds is 2. The molecular weight excluding hydrogens is 293 g/mol. The van der Waals surface area contributed by atoms with E-state index in [0.29, 0.717) is 11.3 Å². The molecule has 21 heavy (non-hydrogen) atoms. The van der Waals surface area contributed by atoms with Gasteiger partial charge in [-0.3, -0.25) is 4.79 Å². The van der Waals surface area contributed by atoms with Crippen LogP contribution in [0.15, 0.2) is 36.5 Å². The SMILES string of the molecule is NCC#Cc1ccc(C(=O)Nc2ccc(F)c(Cl)c2)nc1. The number of carbonyl (C=O) groups is 1. The smallest absolute Gasteiger partial charge is 0.274 e. The van der Waals surface area contributed by atoms with E-state index >= 15 is 0 Å². The van der Waals surface area contributed by atoms with Crippen molar-refractivity contribution in [2.45, 2.75) is 0 Å². The third-order valence-corrected chi connectivity index (χ3v) is 2.80. The minimum Gasteiger partial charge on any atom is -0.321 e. The number of hydrogen-bond donors (Lipinski definition) is 2. The van der Waals surface area contributed by atoms with Crippen molar-refractivity contribution in [3.63, 3.8) is 0 Å². The van der Waals surface area contributed by atoms with Gasteiger partial charge in [0.25, 0.3) is 5.91 Å². The van der Waals surface area contributed by atoms with Gasteiger partial charge in [-0.15, -0.1) is 0 Å². The zero-order valence-corrected chi connectivity index (χ0v) is 11.6.